The second-order valence-corrected chi connectivity index (χ2v) is 6.70. The first-order chi connectivity index (χ1) is 13.5. The second-order valence-electron chi connectivity index (χ2n) is 6.70. The maximum atomic E-state index is 12.8. The van der Waals surface area contributed by atoms with Crippen LogP contribution in [0.1, 0.15) is 21.9 Å². The smallest absolute Gasteiger partial charge is 0.273 e. The fraction of sp³-hybridized carbons (Fsp3) is 0.136. The molecule has 2 heterocycles. The van der Waals surface area contributed by atoms with Crippen LogP contribution in [-0.4, -0.2) is 25.9 Å². The lowest BCUT2D eigenvalue weighted by atomic mass is 10.0. The number of amides is 1. The van der Waals surface area contributed by atoms with Crippen LogP contribution in [0.3, 0.4) is 0 Å². The Morgan fingerprint density at radius 2 is 1.75 bits per heavy atom. The van der Waals surface area contributed by atoms with Gasteiger partial charge in [-0.1, -0.05) is 48.5 Å². The number of carbonyl (C=O) groups excluding carboxylic acids is 1. The summed E-state index contributed by atoms with van der Waals surface area (Å²) in [6.45, 7) is 3.92. The monoisotopic (exact) mass is 371 g/mol. The van der Waals surface area contributed by atoms with Crippen molar-refractivity contribution in [3.05, 3.63) is 77.7 Å². The Bertz CT molecular complexity index is 1140. The molecule has 0 atom stereocenters. The standard InChI is InChI=1S/C22H21N5O/c1-14-21(15(2)27(3)26-14)19-13-20(25-24-19)22(28)23-18-12-8-7-11-17(18)16-9-5-4-6-10-16/h4-13H,1-3H3,(H,23,28)(H,24,25). The first-order valence-corrected chi connectivity index (χ1v) is 9.06. The van der Waals surface area contributed by atoms with Crippen molar-refractivity contribution in [2.75, 3.05) is 5.32 Å². The van der Waals surface area contributed by atoms with Crippen molar-refractivity contribution in [2.24, 2.45) is 7.05 Å². The quantitative estimate of drug-likeness (QED) is 0.560. The SMILES string of the molecule is Cc1nn(C)c(C)c1-c1cc(C(=O)Nc2ccccc2-c2ccccc2)[nH]n1. The van der Waals surface area contributed by atoms with Crippen molar-refractivity contribution in [2.45, 2.75) is 13.8 Å². The van der Waals surface area contributed by atoms with Gasteiger partial charge in [-0.05, 0) is 31.5 Å². The molecule has 4 aromatic rings. The number of nitrogens with one attached hydrogen (secondary N) is 2. The molecule has 0 spiro atoms. The predicted molar refractivity (Wildman–Crippen MR) is 110 cm³/mol. The van der Waals surface area contributed by atoms with Crippen LogP contribution >= 0.6 is 0 Å². The molecule has 6 nitrogen and oxygen atoms in total. The van der Waals surface area contributed by atoms with E-state index in [9.17, 15) is 4.79 Å². The number of hydrogen-bond donors (Lipinski definition) is 2. The summed E-state index contributed by atoms with van der Waals surface area (Å²) >= 11 is 0. The Labute approximate surface area is 163 Å². The van der Waals surface area contributed by atoms with E-state index in [0.717, 1.165) is 33.8 Å². The van der Waals surface area contributed by atoms with Gasteiger partial charge in [0.15, 0.2) is 0 Å². The van der Waals surface area contributed by atoms with Gasteiger partial charge in [-0.15, -0.1) is 0 Å². The second kappa shape index (κ2) is 7.15. The molecule has 0 radical (unpaired) electrons. The largest absolute Gasteiger partial charge is 0.320 e. The van der Waals surface area contributed by atoms with Crippen molar-refractivity contribution in [3.8, 4) is 22.4 Å². The molecule has 2 aromatic heterocycles. The summed E-state index contributed by atoms with van der Waals surface area (Å²) in [6, 6.07) is 19.5. The van der Waals surface area contributed by atoms with Crippen molar-refractivity contribution in [1.29, 1.82) is 0 Å². The molecule has 0 bridgehead atoms. The first-order valence-electron chi connectivity index (χ1n) is 9.06. The number of benzene rings is 2. The van der Waals surface area contributed by atoms with E-state index < -0.39 is 0 Å². The third kappa shape index (κ3) is 3.20. The van der Waals surface area contributed by atoms with Gasteiger partial charge in [0.2, 0.25) is 0 Å². The molecular formula is C22H21N5O. The van der Waals surface area contributed by atoms with Gasteiger partial charge in [0, 0.05) is 29.6 Å². The predicted octanol–water partition coefficient (Wildman–Crippen LogP) is 4.35. The maximum absolute atomic E-state index is 12.8. The molecule has 0 aliphatic rings. The van der Waals surface area contributed by atoms with E-state index >= 15 is 0 Å². The Morgan fingerprint density at radius 1 is 1.04 bits per heavy atom. The highest BCUT2D eigenvalue weighted by molar-refractivity contribution is 6.05. The van der Waals surface area contributed by atoms with Gasteiger partial charge in [-0.2, -0.15) is 10.2 Å². The summed E-state index contributed by atoms with van der Waals surface area (Å²) in [7, 11) is 1.90. The van der Waals surface area contributed by atoms with Gasteiger partial charge in [0.1, 0.15) is 5.69 Å². The van der Waals surface area contributed by atoms with Crippen LogP contribution in [-0.2, 0) is 7.05 Å². The fourth-order valence-electron chi connectivity index (χ4n) is 3.36. The molecule has 28 heavy (non-hydrogen) atoms. The molecule has 0 saturated carbocycles. The zero-order valence-corrected chi connectivity index (χ0v) is 16.0. The van der Waals surface area contributed by atoms with Crippen LogP contribution in [0.15, 0.2) is 60.7 Å². The lowest BCUT2D eigenvalue weighted by Crippen LogP contribution is -2.13. The minimum Gasteiger partial charge on any atom is -0.320 e. The molecule has 0 aliphatic carbocycles. The van der Waals surface area contributed by atoms with E-state index in [1.165, 1.54) is 0 Å². The number of para-hydroxylation sites is 1. The number of carbonyl (C=O) groups is 1. The maximum Gasteiger partial charge on any atom is 0.273 e. The van der Waals surface area contributed by atoms with Crippen LogP contribution < -0.4 is 5.32 Å². The van der Waals surface area contributed by atoms with Crippen molar-refractivity contribution < 1.29 is 4.79 Å². The number of nitrogens with zero attached hydrogens (tertiary/aromatic N) is 3. The van der Waals surface area contributed by atoms with Gasteiger partial charge in [-0.25, -0.2) is 0 Å². The third-order valence-corrected chi connectivity index (χ3v) is 4.85. The van der Waals surface area contributed by atoms with Gasteiger partial charge < -0.3 is 5.32 Å². The topological polar surface area (TPSA) is 75.6 Å². The van der Waals surface area contributed by atoms with Gasteiger partial charge in [0.25, 0.3) is 5.91 Å². The number of anilines is 1. The van der Waals surface area contributed by atoms with Crippen molar-refractivity contribution >= 4 is 11.6 Å². The summed E-state index contributed by atoms with van der Waals surface area (Å²) in [5.74, 6) is -0.235. The molecular weight excluding hydrogens is 350 g/mol. The zero-order chi connectivity index (χ0) is 19.7. The minimum atomic E-state index is -0.235. The number of aromatic amines is 1. The van der Waals surface area contributed by atoms with Gasteiger partial charge in [0.05, 0.1) is 11.4 Å². The molecule has 4 rings (SSSR count). The first kappa shape index (κ1) is 17.7. The summed E-state index contributed by atoms with van der Waals surface area (Å²) in [4.78, 5) is 12.8. The highest BCUT2D eigenvalue weighted by atomic mass is 16.1. The summed E-state index contributed by atoms with van der Waals surface area (Å²) in [5.41, 5.74) is 6.72. The number of hydrogen-bond acceptors (Lipinski definition) is 3. The van der Waals surface area contributed by atoms with E-state index in [2.05, 4.69) is 20.6 Å². The van der Waals surface area contributed by atoms with Crippen LogP contribution in [0.25, 0.3) is 22.4 Å². The van der Waals surface area contributed by atoms with E-state index in [0.29, 0.717) is 11.4 Å². The summed E-state index contributed by atoms with van der Waals surface area (Å²) in [6.07, 6.45) is 0. The fourth-order valence-corrected chi connectivity index (χ4v) is 3.36. The molecule has 140 valence electrons. The summed E-state index contributed by atoms with van der Waals surface area (Å²) < 4.78 is 1.81. The Morgan fingerprint density at radius 3 is 2.46 bits per heavy atom. The molecule has 0 aliphatic heterocycles. The van der Waals surface area contributed by atoms with Crippen LogP contribution in [0.4, 0.5) is 5.69 Å². The van der Waals surface area contributed by atoms with Crippen molar-refractivity contribution in [3.63, 3.8) is 0 Å². The number of rotatable bonds is 4. The summed E-state index contributed by atoms with van der Waals surface area (Å²) in [5, 5.41) is 14.6. The molecule has 6 heteroatoms. The third-order valence-electron chi connectivity index (χ3n) is 4.85. The number of aromatic nitrogens is 4. The lowest BCUT2D eigenvalue weighted by molar-refractivity contribution is 0.102. The van der Waals surface area contributed by atoms with E-state index in [1.54, 1.807) is 6.07 Å². The number of aryl methyl sites for hydroxylation is 2. The molecule has 0 fully saturated rings. The zero-order valence-electron chi connectivity index (χ0n) is 16.0. The molecule has 1 amide bonds. The average molecular weight is 371 g/mol. The van der Waals surface area contributed by atoms with E-state index in [-0.39, 0.29) is 5.91 Å². The van der Waals surface area contributed by atoms with Crippen LogP contribution in [0.5, 0.6) is 0 Å². The van der Waals surface area contributed by atoms with Crippen molar-refractivity contribution in [1.82, 2.24) is 20.0 Å². The Hall–Kier alpha value is -3.67. The highest BCUT2D eigenvalue weighted by Crippen LogP contribution is 2.29. The average Bonchev–Trinajstić information content (AvgIpc) is 3.27. The Balaban J connectivity index is 1.62. The molecule has 2 N–H and O–H groups in total. The molecule has 0 saturated heterocycles. The van der Waals surface area contributed by atoms with E-state index in [1.807, 2.05) is 80.2 Å². The van der Waals surface area contributed by atoms with Crippen LogP contribution in [0.2, 0.25) is 0 Å². The molecule has 2 aromatic carbocycles. The Kier molecular flexibility index (Phi) is 4.53. The minimum absolute atomic E-state index is 0.235. The lowest BCUT2D eigenvalue weighted by Gasteiger charge is -2.10. The van der Waals surface area contributed by atoms with Crippen LogP contribution in [0, 0.1) is 13.8 Å². The molecule has 0 unspecified atom stereocenters. The normalized spacial score (nSPS) is 10.8. The van der Waals surface area contributed by atoms with Gasteiger partial charge >= 0.3 is 0 Å². The van der Waals surface area contributed by atoms with Gasteiger partial charge in [-0.3, -0.25) is 14.6 Å². The number of H-pyrrole nitrogens is 1. The highest BCUT2D eigenvalue weighted by Gasteiger charge is 2.18. The van der Waals surface area contributed by atoms with E-state index in [4.69, 9.17) is 0 Å².